The fourth-order valence-corrected chi connectivity index (χ4v) is 1.78. The van der Waals surface area contributed by atoms with Gasteiger partial charge in [-0.2, -0.15) is 0 Å². The first-order valence-corrected chi connectivity index (χ1v) is 8.24. The summed E-state index contributed by atoms with van der Waals surface area (Å²) < 4.78 is 10.2. The lowest BCUT2D eigenvalue weighted by atomic mass is 10.2. The number of hydrogen-bond donors (Lipinski definition) is 0. The molecular formula is C18H30O4. The monoisotopic (exact) mass is 310 g/mol. The topological polar surface area (TPSA) is 52.6 Å². The number of allylic oxidation sites excluding steroid dienone is 4. The summed E-state index contributed by atoms with van der Waals surface area (Å²) in [6.45, 7) is 4.74. The van der Waals surface area contributed by atoms with Crippen LogP contribution in [-0.2, 0) is 19.1 Å². The minimum Gasteiger partial charge on any atom is -0.466 e. The van der Waals surface area contributed by atoms with Crippen molar-refractivity contribution in [1.29, 1.82) is 0 Å². The minimum absolute atomic E-state index is 0.148. The highest BCUT2D eigenvalue weighted by Gasteiger charge is 2.03. The van der Waals surface area contributed by atoms with Crippen molar-refractivity contribution in [2.75, 3.05) is 13.2 Å². The molecule has 22 heavy (non-hydrogen) atoms. The number of carbonyl (C=O) groups is 2. The minimum atomic E-state index is -0.148. The molecule has 0 N–H and O–H groups in total. The molecule has 0 aliphatic rings. The van der Waals surface area contributed by atoms with Crippen LogP contribution in [0.5, 0.6) is 0 Å². The van der Waals surface area contributed by atoms with Gasteiger partial charge in [-0.05, 0) is 52.4 Å². The lowest BCUT2D eigenvalue weighted by Crippen LogP contribution is -2.08. The maximum absolute atomic E-state index is 11.4. The number of ether oxygens (including phenoxy) is 2. The number of esters is 2. The van der Waals surface area contributed by atoms with Crippen LogP contribution >= 0.6 is 0 Å². The van der Waals surface area contributed by atoms with E-state index in [2.05, 4.69) is 0 Å². The summed E-state index contributed by atoms with van der Waals surface area (Å²) in [7, 11) is 0. The molecule has 0 aromatic carbocycles. The van der Waals surface area contributed by atoms with Gasteiger partial charge in [0.2, 0.25) is 0 Å². The van der Waals surface area contributed by atoms with Crippen LogP contribution in [0.4, 0.5) is 0 Å². The Morgan fingerprint density at radius 1 is 0.727 bits per heavy atom. The van der Waals surface area contributed by atoms with Gasteiger partial charge in [0.05, 0.1) is 13.2 Å². The smallest absolute Gasteiger partial charge is 0.305 e. The molecule has 126 valence electrons. The highest BCUT2D eigenvalue weighted by Crippen LogP contribution is 2.02. The highest BCUT2D eigenvalue weighted by atomic mass is 16.5. The Kier molecular flexibility index (Phi) is 14.7. The molecule has 0 radical (unpaired) electrons. The molecule has 0 atom stereocenters. The molecule has 0 bridgehead atoms. The van der Waals surface area contributed by atoms with Crippen molar-refractivity contribution in [2.24, 2.45) is 0 Å². The van der Waals surface area contributed by atoms with Gasteiger partial charge in [-0.25, -0.2) is 0 Å². The Bertz CT molecular complexity index is 311. The number of hydrogen-bond acceptors (Lipinski definition) is 4. The van der Waals surface area contributed by atoms with Crippen LogP contribution in [0.15, 0.2) is 24.3 Å². The third kappa shape index (κ3) is 14.8. The van der Waals surface area contributed by atoms with Gasteiger partial charge in [0.15, 0.2) is 0 Å². The Morgan fingerprint density at radius 2 is 1.14 bits per heavy atom. The summed E-state index contributed by atoms with van der Waals surface area (Å²) in [6, 6.07) is 0. The molecule has 0 amide bonds. The SMILES string of the molecule is C/C=C\CCCC(=O)OCCCCOC(=O)CCC/C=C\C. The maximum Gasteiger partial charge on any atom is 0.305 e. The largest absolute Gasteiger partial charge is 0.466 e. The van der Waals surface area contributed by atoms with Crippen molar-refractivity contribution in [3.63, 3.8) is 0 Å². The first-order valence-electron chi connectivity index (χ1n) is 8.24. The first-order chi connectivity index (χ1) is 10.7. The zero-order valence-electron chi connectivity index (χ0n) is 14.0. The van der Waals surface area contributed by atoms with E-state index in [0.717, 1.165) is 38.5 Å². The molecule has 4 heteroatoms. The van der Waals surface area contributed by atoms with Crippen molar-refractivity contribution in [3.05, 3.63) is 24.3 Å². The van der Waals surface area contributed by atoms with E-state index in [9.17, 15) is 9.59 Å². The molecular weight excluding hydrogens is 280 g/mol. The zero-order valence-corrected chi connectivity index (χ0v) is 14.0. The van der Waals surface area contributed by atoms with Crippen LogP contribution in [0.3, 0.4) is 0 Å². The van der Waals surface area contributed by atoms with Gasteiger partial charge in [0.25, 0.3) is 0 Å². The van der Waals surface area contributed by atoms with Crippen LogP contribution in [0, 0.1) is 0 Å². The van der Waals surface area contributed by atoms with E-state index in [4.69, 9.17) is 9.47 Å². The van der Waals surface area contributed by atoms with Gasteiger partial charge >= 0.3 is 11.9 Å². The molecule has 0 spiro atoms. The third-order valence-corrected chi connectivity index (χ3v) is 3.04. The van der Waals surface area contributed by atoms with Crippen molar-refractivity contribution in [3.8, 4) is 0 Å². The number of carbonyl (C=O) groups excluding carboxylic acids is 2. The Morgan fingerprint density at radius 3 is 1.50 bits per heavy atom. The van der Waals surface area contributed by atoms with Gasteiger partial charge < -0.3 is 9.47 Å². The molecule has 0 saturated carbocycles. The average molecular weight is 310 g/mol. The van der Waals surface area contributed by atoms with Crippen LogP contribution in [0.2, 0.25) is 0 Å². The van der Waals surface area contributed by atoms with Gasteiger partial charge in [-0.15, -0.1) is 0 Å². The van der Waals surface area contributed by atoms with Gasteiger partial charge in [-0.1, -0.05) is 24.3 Å². The normalized spacial score (nSPS) is 11.2. The molecule has 0 unspecified atom stereocenters. The predicted molar refractivity (Wildman–Crippen MR) is 88.5 cm³/mol. The molecule has 0 aromatic heterocycles. The zero-order chi connectivity index (χ0) is 16.5. The maximum atomic E-state index is 11.4. The first kappa shape index (κ1) is 20.4. The summed E-state index contributed by atoms with van der Waals surface area (Å²) in [5.41, 5.74) is 0. The predicted octanol–water partition coefficient (Wildman–Crippen LogP) is 4.35. The van der Waals surface area contributed by atoms with Crippen molar-refractivity contribution >= 4 is 11.9 Å². The van der Waals surface area contributed by atoms with E-state index in [1.807, 2.05) is 38.2 Å². The average Bonchev–Trinajstić information content (AvgIpc) is 2.51. The number of unbranched alkanes of at least 4 members (excludes halogenated alkanes) is 3. The Hall–Kier alpha value is -1.58. The molecule has 0 saturated heterocycles. The number of rotatable bonds is 13. The quantitative estimate of drug-likeness (QED) is 0.288. The van der Waals surface area contributed by atoms with E-state index < -0.39 is 0 Å². The standard InChI is InChI=1S/C18H30O4/c1-3-5-7-9-13-17(19)21-15-11-12-16-22-18(20)14-10-8-6-4-2/h3-6H,7-16H2,1-2H3/b5-3-,6-4-. The second-order valence-electron chi connectivity index (χ2n) is 5.07. The second-order valence-corrected chi connectivity index (χ2v) is 5.07. The third-order valence-electron chi connectivity index (χ3n) is 3.04. The van der Waals surface area contributed by atoms with Crippen LogP contribution < -0.4 is 0 Å². The van der Waals surface area contributed by atoms with E-state index in [1.165, 1.54) is 0 Å². The van der Waals surface area contributed by atoms with Crippen LogP contribution in [0.25, 0.3) is 0 Å². The van der Waals surface area contributed by atoms with Crippen molar-refractivity contribution < 1.29 is 19.1 Å². The molecule has 0 aliphatic heterocycles. The Balaban J connectivity index is 3.34. The van der Waals surface area contributed by atoms with Crippen molar-refractivity contribution in [2.45, 2.75) is 65.2 Å². The lowest BCUT2D eigenvalue weighted by molar-refractivity contribution is -0.146. The second kappa shape index (κ2) is 15.8. The summed E-state index contributed by atoms with van der Waals surface area (Å²) in [5.74, 6) is -0.295. The van der Waals surface area contributed by atoms with Gasteiger partial charge in [0.1, 0.15) is 0 Å². The fraction of sp³-hybridized carbons (Fsp3) is 0.667. The molecule has 0 fully saturated rings. The van der Waals surface area contributed by atoms with E-state index in [1.54, 1.807) is 0 Å². The molecule has 4 nitrogen and oxygen atoms in total. The summed E-state index contributed by atoms with van der Waals surface area (Å²) in [4.78, 5) is 22.8. The summed E-state index contributed by atoms with van der Waals surface area (Å²) in [5, 5.41) is 0. The summed E-state index contributed by atoms with van der Waals surface area (Å²) >= 11 is 0. The lowest BCUT2D eigenvalue weighted by Gasteiger charge is -2.06. The van der Waals surface area contributed by atoms with E-state index in [-0.39, 0.29) is 11.9 Å². The van der Waals surface area contributed by atoms with E-state index in [0.29, 0.717) is 26.1 Å². The molecule has 0 rings (SSSR count). The van der Waals surface area contributed by atoms with Gasteiger partial charge in [-0.3, -0.25) is 9.59 Å². The molecule has 0 aromatic rings. The highest BCUT2D eigenvalue weighted by molar-refractivity contribution is 5.69. The van der Waals surface area contributed by atoms with Crippen molar-refractivity contribution in [1.82, 2.24) is 0 Å². The molecule has 0 aliphatic carbocycles. The van der Waals surface area contributed by atoms with Crippen LogP contribution in [-0.4, -0.2) is 25.2 Å². The summed E-state index contributed by atoms with van der Waals surface area (Å²) in [6.07, 6.45) is 13.9. The van der Waals surface area contributed by atoms with Gasteiger partial charge in [0, 0.05) is 12.8 Å². The van der Waals surface area contributed by atoms with Crippen LogP contribution in [0.1, 0.15) is 65.2 Å². The fourth-order valence-electron chi connectivity index (χ4n) is 1.78. The molecule has 0 heterocycles. The Labute approximate surface area is 134 Å². The van der Waals surface area contributed by atoms with E-state index >= 15 is 0 Å².